The van der Waals surface area contributed by atoms with Crippen molar-refractivity contribution in [3.8, 4) is 0 Å². The van der Waals surface area contributed by atoms with Gasteiger partial charge in [-0.15, -0.1) is 0 Å². The quantitative estimate of drug-likeness (QED) is 0.772. The maximum Gasteiger partial charge on any atom is 0.221 e. The molecule has 1 aliphatic heterocycles. The van der Waals surface area contributed by atoms with E-state index < -0.39 is 0 Å². The van der Waals surface area contributed by atoms with E-state index >= 15 is 0 Å². The molecule has 0 aliphatic carbocycles. The van der Waals surface area contributed by atoms with Gasteiger partial charge in [0.25, 0.3) is 0 Å². The van der Waals surface area contributed by atoms with Crippen LogP contribution in [0.5, 0.6) is 0 Å². The van der Waals surface area contributed by atoms with Crippen LogP contribution in [-0.4, -0.2) is 36.9 Å². The minimum Gasteiger partial charge on any atom is -0.378 e. The molecule has 0 saturated carbocycles. The van der Waals surface area contributed by atoms with Crippen LogP contribution in [0.4, 0.5) is 0 Å². The second-order valence-corrected chi connectivity index (χ2v) is 4.14. The van der Waals surface area contributed by atoms with Gasteiger partial charge in [0.1, 0.15) is 11.5 Å². The number of nitrogens with one attached hydrogen (secondary N) is 2. The number of carbonyl (C=O) groups excluding carboxylic acids is 1. The second kappa shape index (κ2) is 5.79. The maximum atomic E-state index is 11.6. The van der Waals surface area contributed by atoms with Crippen molar-refractivity contribution in [2.75, 3.05) is 19.8 Å². The van der Waals surface area contributed by atoms with Crippen LogP contribution in [0.25, 0.3) is 0 Å². The van der Waals surface area contributed by atoms with E-state index in [0.717, 1.165) is 24.6 Å². The lowest BCUT2D eigenvalue weighted by atomic mass is 10.2. The predicted octanol–water partition coefficient (Wildman–Crippen LogP) is -0.0223. The minimum atomic E-state index is -0.00588. The van der Waals surface area contributed by atoms with Gasteiger partial charge >= 0.3 is 0 Å². The van der Waals surface area contributed by atoms with E-state index in [1.807, 2.05) is 13.0 Å². The molecule has 94 valence electrons. The number of ether oxygens (including phenoxy) is 1. The van der Waals surface area contributed by atoms with E-state index in [4.69, 9.17) is 9.26 Å². The van der Waals surface area contributed by atoms with Crippen LogP contribution in [0.15, 0.2) is 10.6 Å². The molecule has 0 aromatic carbocycles. The van der Waals surface area contributed by atoms with Gasteiger partial charge in [-0.25, -0.2) is 0 Å². The first-order valence-electron chi connectivity index (χ1n) is 5.74. The average Bonchev–Trinajstić information content (AvgIpc) is 2.74. The van der Waals surface area contributed by atoms with Crippen molar-refractivity contribution in [2.24, 2.45) is 0 Å². The summed E-state index contributed by atoms with van der Waals surface area (Å²) in [5, 5.41) is 9.84. The minimum absolute atomic E-state index is 0.00588. The summed E-state index contributed by atoms with van der Waals surface area (Å²) in [7, 11) is 0. The molecule has 17 heavy (non-hydrogen) atoms. The largest absolute Gasteiger partial charge is 0.378 e. The van der Waals surface area contributed by atoms with E-state index in [0.29, 0.717) is 19.6 Å². The second-order valence-electron chi connectivity index (χ2n) is 4.14. The molecule has 0 spiro atoms. The molecule has 2 N–H and O–H groups in total. The summed E-state index contributed by atoms with van der Waals surface area (Å²) in [6, 6.07) is 1.92. The number of aryl methyl sites for hydroxylation is 1. The van der Waals surface area contributed by atoms with Crippen LogP contribution in [0.1, 0.15) is 17.9 Å². The van der Waals surface area contributed by atoms with E-state index in [1.165, 1.54) is 0 Å². The van der Waals surface area contributed by atoms with Crippen LogP contribution in [0.3, 0.4) is 0 Å². The van der Waals surface area contributed by atoms with Crippen LogP contribution < -0.4 is 10.6 Å². The van der Waals surface area contributed by atoms with Gasteiger partial charge in [0.05, 0.1) is 19.8 Å². The molecule has 1 aliphatic rings. The van der Waals surface area contributed by atoms with Crippen molar-refractivity contribution in [1.82, 2.24) is 15.8 Å². The third kappa shape index (κ3) is 3.83. The fourth-order valence-electron chi connectivity index (χ4n) is 1.74. The SMILES string of the molecule is Cc1cc(CNC(=O)CC2COCCN2)no1. The van der Waals surface area contributed by atoms with Crippen LogP contribution in [-0.2, 0) is 16.1 Å². The zero-order valence-corrected chi connectivity index (χ0v) is 9.86. The lowest BCUT2D eigenvalue weighted by Crippen LogP contribution is -2.44. The third-order valence-electron chi connectivity index (χ3n) is 2.57. The van der Waals surface area contributed by atoms with E-state index in [2.05, 4.69) is 15.8 Å². The molecule has 1 amide bonds. The molecule has 1 unspecified atom stereocenters. The molecule has 6 nitrogen and oxygen atoms in total. The summed E-state index contributed by atoms with van der Waals surface area (Å²) in [5.41, 5.74) is 0.740. The standard InChI is InChI=1S/C11H17N3O3/c1-8-4-9(14-17-8)6-13-11(15)5-10-7-16-3-2-12-10/h4,10,12H,2-3,5-7H2,1H3,(H,13,15). The molecule has 1 fully saturated rings. The van der Waals surface area contributed by atoms with Gasteiger partial charge in [0.2, 0.25) is 5.91 Å². The van der Waals surface area contributed by atoms with Gasteiger partial charge < -0.3 is 19.9 Å². The van der Waals surface area contributed by atoms with Crippen LogP contribution >= 0.6 is 0 Å². The normalized spacial score (nSPS) is 20.2. The fraction of sp³-hybridized carbons (Fsp3) is 0.636. The number of rotatable bonds is 4. The van der Waals surface area contributed by atoms with Gasteiger partial charge in [-0.2, -0.15) is 0 Å². The first-order valence-corrected chi connectivity index (χ1v) is 5.74. The lowest BCUT2D eigenvalue weighted by molar-refractivity contribution is -0.122. The van der Waals surface area contributed by atoms with E-state index in [9.17, 15) is 4.79 Å². The summed E-state index contributed by atoms with van der Waals surface area (Å²) in [6.07, 6.45) is 0.427. The summed E-state index contributed by atoms with van der Waals surface area (Å²) >= 11 is 0. The lowest BCUT2D eigenvalue weighted by Gasteiger charge is -2.23. The first-order chi connectivity index (χ1) is 8.24. The Balaban J connectivity index is 1.70. The summed E-state index contributed by atoms with van der Waals surface area (Å²) in [6.45, 7) is 4.35. The van der Waals surface area contributed by atoms with E-state index in [-0.39, 0.29) is 11.9 Å². The highest BCUT2D eigenvalue weighted by atomic mass is 16.5. The monoisotopic (exact) mass is 239 g/mol. The van der Waals surface area contributed by atoms with E-state index in [1.54, 1.807) is 0 Å². The van der Waals surface area contributed by atoms with Crippen LogP contribution in [0.2, 0.25) is 0 Å². The summed E-state index contributed by atoms with van der Waals surface area (Å²) in [5.74, 6) is 0.741. The molecular formula is C11H17N3O3. The van der Waals surface area contributed by atoms with Gasteiger partial charge in [-0.1, -0.05) is 5.16 Å². The van der Waals surface area contributed by atoms with Gasteiger partial charge in [0.15, 0.2) is 0 Å². The number of aromatic nitrogens is 1. The molecule has 6 heteroatoms. The number of morpholine rings is 1. The zero-order chi connectivity index (χ0) is 12.1. The molecule has 0 bridgehead atoms. The van der Waals surface area contributed by atoms with Crippen molar-refractivity contribution in [3.05, 3.63) is 17.5 Å². The predicted molar refractivity (Wildman–Crippen MR) is 60.3 cm³/mol. The zero-order valence-electron chi connectivity index (χ0n) is 9.86. The highest BCUT2D eigenvalue weighted by Gasteiger charge is 2.16. The van der Waals surface area contributed by atoms with Gasteiger partial charge in [-0.05, 0) is 6.92 Å². The van der Waals surface area contributed by atoms with Crippen molar-refractivity contribution in [2.45, 2.75) is 25.9 Å². The molecule has 1 aromatic rings. The molecule has 2 rings (SSSR count). The molecule has 2 heterocycles. The molecular weight excluding hydrogens is 222 g/mol. The van der Waals surface area contributed by atoms with Crippen molar-refractivity contribution in [1.29, 1.82) is 0 Å². The van der Waals surface area contributed by atoms with Crippen molar-refractivity contribution in [3.63, 3.8) is 0 Å². The van der Waals surface area contributed by atoms with Crippen LogP contribution in [0, 0.1) is 6.92 Å². The highest BCUT2D eigenvalue weighted by molar-refractivity contribution is 5.76. The number of hydrogen-bond donors (Lipinski definition) is 2. The summed E-state index contributed by atoms with van der Waals surface area (Å²) < 4.78 is 10.2. The van der Waals surface area contributed by atoms with Gasteiger partial charge in [-0.3, -0.25) is 4.79 Å². The average molecular weight is 239 g/mol. The number of hydrogen-bond acceptors (Lipinski definition) is 5. The number of amides is 1. The molecule has 0 radical (unpaired) electrons. The number of nitrogens with zero attached hydrogens (tertiary/aromatic N) is 1. The Morgan fingerprint density at radius 3 is 3.24 bits per heavy atom. The fourth-order valence-corrected chi connectivity index (χ4v) is 1.74. The summed E-state index contributed by atoms with van der Waals surface area (Å²) in [4.78, 5) is 11.6. The Morgan fingerprint density at radius 2 is 2.59 bits per heavy atom. The van der Waals surface area contributed by atoms with Gasteiger partial charge in [0, 0.05) is 25.1 Å². The molecule has 1 atom stereocenters. The van der Waals surface area contributed by atoms with Crippen molar-refractivity contribution < 1.29 is 14.1 Å². The Hall–Kier alpha value is -1.40. The molecule has 1 aromatic heterocycles. The smallest absolute Gasteiger partial charge is 0.221 e. The first kappa shape index (κ1) is 12.1. The Kier molecular flexibility index (Phi) is 4.11. The highest BCUT2D eigenvalue weighted by Crippen LogP contribution is 2.02. The number of carbonyl (C=O) groups is 1. The molecule has 1 saturated heterocycles. The topological polar surface area (TPSA) is 76.4 Å². The third-order valence-corrected chi connectivity index (χ3v) is 2.57. The Bertz CT molecular complexity index is 372. The Labute approximate surface area is 99.7 Å². The Morgan fingerprint density at radius 1 is 1.71 bits per heavy atom. The van der Waals surface area contributed by atoms with Crippen molar-refractivity contribution >= 4 is 5.91 Å². The maximum absolute atomic E-state index is 11.6.